The van der Waals surface area contributed by atoms with E-state index in [-0.39, 0.29) is 17.1 Å². The first-order valence-corrected chi connectivity index (χ1v) is 3.77. The van der Waals surface area contributed by atoms with E-state index in [1.807, 2.05) is 0 Å². The number of ether oxygens (including phenoxy) is 1. The predicted molar refractivity (Wildman–Crippen MR) is 46.2 cm³/mol. The Kier molecular flexibility index (Phi) is 3.19. The van der Waals surface area contributed by atoms with Crippen molar-refractivity contribution >= 4 is 12.3 Å². The van der Waals surface area contributed by atoms with Gasteiger partial charge in [0, 0.05) is 0 Å². The number of carbonyl (C=O) groups is 2. The minimum Gasteiger partial charge on any atom is -0.504 e. The molecule has 1 aromatic carbocycles. The first-order chi connectivity index (χ1) is 6.69. The summed E-state index contributed by atoms with van der Waals surface area (Å²) in [4.78, 5) is 21.2. The molecule has 0 saturated carbocycles. The summed E-state index contributed by atoms with van der Waals surface area (Å²) in [5.74, 6) is -1.49. The number of aliphatic hydroxyl groups excluding tert-OH is 1. The maximum atomic E-state index is 10.7. The number of rotatable bonds is 3. The Labute approximate surface area is 79.6 Å². The highest BCUT2D eigenvalue weighted by Crippen LogP contribution is 2.28. The molecule has 0 unspecified atom stereocenters. The van der Waals surface area contributed by atoms with Crippen molar-refractivity contribution in [2.24, 2.45) is 0 Å². The largest absolute Gasteiger partial charge is 0.504 e. The number of carbonyl (C=O) groups excluding carboxylic acids is 2. The highest BCUT2D eigenvalue weighted by Gasteiger charge is 2.12. The number of phenols is 1. The molecule has 0 fully saturated rings. The Morgan fingerprint density at radius 3 is 2.79 bits per heavy atom. The van der Waals surface area contributed by atoms with Crippen molar-refractivity contribution in [1.29, 1.82) is 0 Å². The maximum absolute atomic E-state index is 10.7. The van der Waals surface area contributed by atoms with Crippen molar-refractivity contribution in [3.63, 3.8) is 0 Å². The van der Waals surface area contributed by atoms with Gasteiger partial charge in [0.15, 0.2) is 17.8 Å². The zero-order valence-electron chi connectivity index (χ0n) is 7.14. The highest BCUT2D eigenvalue weighted by atomic mass is 16.6. The monoisotopic (exact) mass is 196 g/mol. The summed E-state index contributed by atoms with van der Waals surface area (Å²) in [7, 11) is 0. The van der Waals surface area contributed by atoms with E-state index in [1.165, 1.54) is 18.2 Å². The van der Waals surface area contributed by atoms with E-state index in [9.17, 15) is 14.7 Å². The molecule has 0 aliphatic rings. The average Bonchev–Trinajstić information content (AvgIpc) is 2.20. The topological polar surface area (TPSA) is 83.8 Å². The third-order valence-corrected chi connectivity index (χ3v) is 1.50. The molecule has 2 N–H and O–H groups in total. The van der Waals surface area contributed by atoms with Gasteiger partial charge in [0.1, 0.15) is 6.61 Å². The van der Waals surface area contributed by atoms with Crippen LogP contribution in [0.4, 0.5) is 0 Å². The molecule has 0 spiro atoms. The van der Waals surface area contributed by atoms with E-state index in [0.717, 1.165) is 0 Å². The fourth-order valence-electron chi connectivity index (χ4n) is 0.892. The molecule has 5 nitrogen and oxygen atoms in total. The van der Waals surface area contributed by atoms with Gasteiger partial charge in [0.2, 0.25) is 0 Å². The van der Waals surface area contributed by atoms with Gasteiger partial charge in [-0.05, 0) is 12.1 Å². The van der Waals surface area contributed by atoms with E-state index in [4.69, 9.17) is 5.11 Å². The lowest BCUT2D eigenvalue weighted by molar-refractivity contribution is -0.137. The first-order valence-electron chi connectivity index (χ1n) is 3.77. The predicted octanol–water partition coefficient (Wildman–Crippen LogP) is 0.102. The zero-order chi connectivity index (χ0) is 10.6. The van der Waals surface area contributed by atoms with Crippen LogP contribution in [0.2, 0.25) is 0 Å². The molecular formula is C9H8O5. The van der Waals surface area contributed by atoms with E-state index >= 15 is 0 Å². The number of benzene rings is 1. The van der Waals surface area contributed by atoms with Crippen molar-refractivity contribution in [1.82, 2.24) is 0 Å². The molecule has 5 heteroatoms. The van der Waals surface area contributed by atoms with Crippen LogP contribution in [0.15, 0.2) is 18.2 Å². The van der Waals surface area contributed by atoms with Gasteiger partial charge >= 0.3 is 5.97 Å². The summed E-state index contributed by atoms with van der Waals surface area (Å²) in [6.07, 6.45) is 0.444. The van der Waals surface area contributed by atoms with Gasteiger partial charge < -0.3 is 14.9 Å². The van der Waals surface area contributed by atoms with Gasteiger partial charge in [-0.25, -0.2) is 4.79 Å². The van der Waals surface area contributed by atoms with Gasteiger partial charge in [-0.1, -0.05) is 6.07 Å². The Hall–Kier alpha value is -1.88. The molecule has 74 valence electrons. The quantitative estimate of drug-likeness (QED) is 0.407. The summed E-state index contributed by atoms with van der Waals surface area (Å²) in [6, 6.07) is 4.09. The van der Waals surface area contributed by atoms with Crippen LogP contribution < -0.4 is 4.74 Å². The Morgan fingerprint density at radius 2 is 2.21 bits per heavy atom. The fraction of sp³-hybridized carbons (Fsp3) is 0.111. The van der Waals surface area contributed by atoms with E-state index < -0.39 is 12.6 Å². The SMILES string of the molecule is O=Cc1cccc(O)c1OC(=O)CO. The minimum absolute atomic E-state index is 0.0480. The van der Waals surface area contributed by atoms with Gasteiger partial charge in [0.05, 0.1) is 5.56 Å². The lowest BCUT2D eigenvalue weighted by atomic mass is 10.2. The second kappa shape index (κ2) is 4.38. The molecule has 0 saturated heterocycles. The standard InChI is InChI=1S/C9H8O5/c10-4-6-2-1-3-7(12)9(6)14-8(13)5-11/h1-4,11-12H,5H2. The van der Waals surface area contributed by atoms with Crippen LogP contribution >= 0.6 is 0 Å². The van der Waals surface area contributed by atoms with E-state index in [0.29, 0.717) is 6.29 Å². The molecule has 0 aliphatic carbocycles. The van der Waals surface area contributed by atoms with Gasteiger partial charge in [-0.3, -0.25) is 4.79 Å². The lowest BCUT2D eigenvalue weighted by Gasteiger charge is -2.06. The van der Waals surface area contributed by atoms with Crippen LogP contribution in [0.25, 0.3) is 0 Å². The summed E-state index contributed by atoms with van der Waals surface area (Å²) >= 11 is 0. The Bertz CT molecular complexity index is 358. The van der Waals surface area contributed by atoms with Crippen molar-refractivity contribution in [2.45, 2.75) is 0 Å². The van der Waals surface area contributed by atoms with Gasteiger partial charge in [-0.15, -0.1) is 0 Å². The lowest BCUT2D eigenvalue weighted by Crippen LogP contribution is -2.13. The maximum Gasteiger partial charge on any atom is 0.337 e. The molecule has 0 atom stereocenters. The fourth-order valence-corrected chi connectivity index (χ4v) is 0.892. The third kappa shape index (κ3) is 2.08. The van der Waals surface area contributed by atoms with Crippen molar-refractivity contribution in [3.05, 3.63) is 23.8 Å². The molecule has 0 amide bonds. The summed E-state index contributed by atoms with van der Waals surface area (Å²) in [6.45, 7) is -0.813. The van der Waals surface area contributed by atoms with Crippen LogP contribution in [0.3, 0.4) is 0 Å². The van der Waals surface area contributed by atoms with Crippen molar-refractivity contribution in [2.75, 3.05) is 6.61 Å². The van der Waals surface area contributed by atoms with Crippen LogP contribution in [0, 0.1) is 0 Å². The number of aldehydes is 1. The smallest absolute Gasteiger partial charge is 0.337 e. The molecule has 0 heterocycles. The van der Waals surface area contributed by atoms with Gasteiger partial charge in [-0.2, -0.15) is 0 Å². The number of hydrogen-bond acceptors (Lipinski definition) is 5. The molecule has 1 rings (SSSR count). The van der Waals surface area contributed by atoms with E-state index in [1.54, 1.807) is 0 Å². The second-order valence-electron chi connectivity index (χ2n) is 2.45. The summed E-state index contributed by atoms with van der Waals surface area (Å²) in [5.41, 5.74) is 0.0480. The molecule has 1 aromatic rings. The molecule has 0 aromatic heterocycles. The number of hydrogen-bond donors (Lipinski definition) is 2. The highest BCUT2D eigenvalue weighted by molar-refractivity contribution is 5.84. The average molecular weight is 196 g/mol. The van der Waals surface area contributed by atoms with Crippen LogP contribution in [-0.2, 0) is 4.79 Å². The molecule has 14 heavy (non-hydrogen) atoms. The molecule has 0 bridgehead atoms. The van der Waals surface area contributed by atoms with Crippen LogP contribution in [-0.4, -0.2) is 29.1 Å². The zero-order valence-corrected chi connectivity index (χ0v) is 7.14. The summed E-state index contributed by atoms with van der Waals surface area (Å²) in [5, 5.41) is 17.7. The van der Waals surface area contributed by atoms with E-state index in [2.05, 4.69) is 4.74 Å². The molecular weight excluding hydrogens is 188 g/mol. The Morgan fingerprint density at radius 1 is 1.50 bits per heavy atom. The van der Waals surface area contributed by atoms with Crippen molar-refractivity contribution in [3.8, 4) is 11.5 Å². The number of esters is 1. The van der Waals surface area contributed by atoms with Crippen LogP contribution in [0.1, 0.15) is 10.4 Å². The third-order valence-electron chi connectivity index (χ3n) is 1.50. The number of aromatic hydroxyl groups is 1. The normalized spacial score (nSPS) is 9.50. The van der Waals surface area contributed by atoms with Crippen molar-refractivity contribution < 1.29 is 24.5 Å². The summed E-state index contributed by atoms with van der Waals surface area (Å²) < 4.78 is 4.55. The molecule has 0 radical (unpaired) electrons. The minimum atomic E-state index is -0.936. The number of para-hydroxylation sites is 1. The number of phenolic OH excluding ortho intramolecular Hbond substituents is 1. The molecule has 0 aliphatic heterocycles. The Balaban J connectivity index is 3.04. The first kappa shape index (κ1) is 10.2. The number of aliphatic hydroxyl groups is 1. The van der Waals surface area contributed by atoms with Gasteiger partial charge in [0.25, 0.3) is 0 Å². The second-order valence-corrected chi connectivity index (χ2v) is 2.45. The van der Waals surface area contributed by atoms with Crippen LogP contribution in [0.5, 0.6) is 11.5 Å².